The van der Waals surface area contributed by atoms with Crippen LogP contribution in [0.1, 0.15) is 51.8 Å². The number of furan rings is 1. The second-order valence-electron chi connectivity index (χ2n) is 9.97. The molecule has 3 amide bonds. The molecule has 0 saturated carbocycles. The summed E-state index contributed by atoms with van der Waals surface area (Å²) in [4.78, 5) is 47.7. The summed E-state index contributed by atoms with van der Waals surface area (Å²) in [7, 11) is 0. The van der Waals surface area contributed by atoms with Gasteiger partial charge in [-0.2, -0.15) is 0 Å². The molecule has 0 atom stereocenters. The Morgan fingerprint density at radius 1 is 1.07 bits per heavy atom. The molecule has 1 saturated heterocycles. The molecule has 0 spiro atoms. The van der Waals surface area contributed by atoms with Crippen molar-refractivity contribution in [1.29, 1.82) is 0 Å². The number of rotatable bonds is 9. The minimum absolute atomic E-state index is 0.0707. The number of aromatic amines is 1. The zero-order valence-electron chi connectivity index (χ0n) is 22.5. The van der Waals surface area contributed by atoms with E-state index in [0.717, 1.165) is 23.3 Å². The Hall–Kier alpha value is -4.66. The van der Waals surface area contributed by atoms with Crippen LogP contribution in [0.5, 0.6) is 0 Å². The van der Waals surface area contributed by atoms with Gasteiger partial charge in [-0.05, 0) is 68.2 Å². The minimum Gasteiger partial charge on any atom is -0.465 e. The van der Waals surface area contributed by atoms with Crippen LogP contribution in [0.2, 0.25) is 0 Å². The van der Waals surface area contributed by atoms with Crippen LogP contribution >= 0.6 is 0 Å². The predicted molar refractivity (Wildman–Crippen MR) is 153 cm³/mol. The molecule has 1 aliphatic rings. The first kappa shape index (κ1) is 26.9. The number of hydrogen-bond acceptors (Lipinski definition) is 5. The Bertz CT molecular complexity index is 1510. The largest absolute Gasteiger partial charge is 0.465 e. The monoisotopic (exact) mass is 539 g/mol. The number of nitrogens with one attached hydrogen (secondary N) is 3. The van der Waals surface area contributed by atoms with Crippen LogP contribution in [0, 0.1) is 6.92 Å². The highest BCUT2D eigenvalue weighted by molar-refractivity contribution is 5.96. The van der Waals surface area contributed by atoms with Crippen molar-refractivity contribution in [2.45, 2.75) is 32.1 Å². The van der Waals surface area contributed by atoms with Gasteiger partial charge in [0.25, 0.3) is 5.91 Å². The number of para-hydroxylation sites is 1. The van der Waals surface area contributed by atoms with E-state index >= 15 is 0 Å². The number of aryl methyl sites for hydroxylation is 1. The fraction of sp³-hybridized carbons (Fsp3) is 0.290. The second kappa shape index (κ2) is 12.5. The van der Waals surface area contributed by atoms with Crippen molar-refractivity contribution in [2.75, 3.05) is 26.2 Å². The van der Waals surface area contributed by atoms with E-state index in [1.54, 1.807) is 23.1 Å². The molecular weight excluding hydrogens is 506 g/mol. The zero-order chi connectivity index (χ0) is 27.9. The van der Waals surface area contributed by atoms with Crippen LogP contribution in [-0.2, 0) is 16.0 Å². The zero-order valence-corrected chi connectivity index (χ0v) is 22.5. The van der Waals surface area contributed by atoms with Gasteiger partial charge in [-0.15, -0.1) is 0 Å². The van der Waals surface area contributed by atoms with Crippen LogP contribution < -0.4 is 10.6 Å². The van der Waals surface area contributed by atoms with Crippen molar-refractivity contribution in [3.63, 3.8) is 0 Å². The van der Waals surface area contributed by atoms with Gasteiger partial charge >= 0.3 is 0 Å². The molecule has 206 valence electrons. The van der Waals surface area contributed by atoms with Crippen molar-refractivity contribution >= 4 is 34.7 Å². The molecule has 1 fully saturated rings. The fourth-order valence-corrected chi connectivity index (χ4v) is 5.10. The Morgan fingerprint density at radius 3 is 2.70 bits per heavy atom. The Balaban J connectivity index is 1.13. The summed E-state index contributed by atoms with van der Waals surface area (Å²) < 4.78 is 5.16. The van der Waals surface area contributed by atoms with E-state index < -0.39 is 0 Å². The Morgan fingerprint density at radius 2 is 1.90 bits per heavy atom. The van der Waals surface area contributed by atoms with Crippen LogP contribution in [0.4, 0.5) is 0 Å². The number of piperidine rings is 1. The summed E-state index contributed by atoms with van der Waals surface area (Å²) in [5.74, 6) is 0.0144. The van der Waals surface area contributed by atoms with Crippen molar-refractivity contribution in [3.05, 3.63) is 95.3 Å². The van der Waals surface area contributed by atoms with Gasteiger partial charge in [-0.25, -0.2) is 0 Å². The van der Waals surface area contributed by atoms with E-state index in [9.17, 15) is 14.4 Å². The maximum atomic E-state index is 13.2. The molecule has 0 bridgehead atoms. The molecule has 3 aromatic heterocycles. The Kier molecular flexibility index (Phi) is 8.39. The van der Waals surface area contributed by atoms with E-state index in [4.69, 9.17) is 9.40 Å². The number of hydrogen-bond donors (Lipinski definition) is 3. The lowest BCUT2D eigenvalue weighted by Gasteiger charge is -2.32. The van der Waals surface area contributed by atoms with Gasteiger partial charge in [-0.1, -0.05) is 18.2 Å². The highest BCUT2D eigenvalue weighted by Gasteiger charge is 2.28. The van der Waals surface area contributed by atoms with E-state index in [1.807, 2.05) is 43.5 Å². The molecule has 0 unspecified atom stereocenters. The molecule has 5 rings (SSSR count). The molecule has 1 aromatic carbocycles. The summed E-state index contributed by atoms with van der Waals surface area (Å²) in [6.07, 6.45) is 8.53. The van der Waals surface area contributed by atoms with Crippen molar-refractivity contribution in [3.8, 4) is 0 Å². The minimum atomic E-state index is -0.357. The van der Waals surface area contributed by atoms with Crippen molar-refractivity contribution in [1.82, 2.24) is 25.5 Å². The first-order valence-corrected chi connectivity index (χ1v) is 13.6. The molecule has 0 aliphatic carbocycles. The summed E-state index contributed by atoms with van der Waals surface area (Å²) in [6.45, 7) is 3.45. The van der Waals surface area contributed by atoms with Crippen molar-refractivity contribution < 1.29 is 18.8 Å². The number of carbonyl (C=O) groups excluding carboxylic acids is 3. The number of fused-ring (bicyclic) bond motifs is 1. The van der Waals surface area contributed by atoms with Gasteiger partial charge in [0.05, 0.1) is 24.1 Å². The predicted octanol–water partition coefficient (Wildman–Crippen LogP) is 3.97. The van der Waals surface area contributed by atoms with Gasteiger partial charge in [0.15, 0.2) is 0 Å². The molecule has 40 heavy (non-hydrogen) atoms. The van der Waals surface area contributed by atoms with Crippen LogP contribution in [-0.4, -0.2) is 58.8 Å². The number of H-pyrrole nitrogens is 1. The summed E-state index contributed by atoms with van der Waals surface area (Å²) in [5, 5.41) is 6.86. The lowest BCUT2D eigenvalue weighted by Crippen LogP contribution is -2.43. The molecule has 4 aromatic rings. The SMILES string of the molecule is Cc1ccc(C(=O)NCCc2c[nH]c3ccccc23)c(C2CCN(C(=O)CNC(=O)C=Cc3ccco3)CC2)n1. The van der Waals surface area contributed by atoms with Gasteiger partial charge in [-0.3, -0.25) is 19.4 Å². The average molecular weight is 540 g/mol. The third-order valence-corrected chi connectivity index (χ3v) is 7.25. The first-order chi connectivity index (χ1) is 19.5. The standard InChI is InChI=1S/C31H33N5O4/c1-21-8-10-26(31(39)32-15-12-23-19-33-27-7-3-2-6-25(23)27)30(35-21)22-13-16-36(17-14-22)29(38)20-34-28(37)11-9-24-5-4-18-40-24/h2-11,18-19,22,33H,12-17,20H2,1H3,(H,32,39)(H,34,37). The molecule has 3 N–H and O–H groups in total. The normalized spacial score (nSPS) is 14.1. The summed E-state index contributed by atoms with van der Waals surface area (Å²) in [6, 6.07) is 15.3. The maximum Gasteiger partial charge on any atom is 0.253 e. The number of carbonyl (C=O) groups is 3. The number of nitrogens with zero attached hydrogens (tertiary/aromatic N) is 2. The van der Waals surface area contributed by atoms with E-state index in [0.29, 0.717) is 43.8 Å². The maximum absolute atomic E-state index is 13.2. The number of pyridine rings is 1. The molecule has 9 nitrogen and oxygen atoms in total. The van der Waals surface area contributed by atoms with Crippen LogP contribution in [0.15, 0.2) is 71.5 Å². The quantitative estimate of drug-likeness (QED) is 0.278. The van der Waals surface area contributed by atoms with Crippen LogP contribution in [0.25, 0.3) is 17.0 Å². The molecule has 1 aliphatic heterocycles. The molecule has 4 heterocycles. The Labute approximate surface area is 232 Å². The number of amides is 3. The fourth-order valence-electron chi connectivity index (χ4n) is 5.10. The van der Waals surface area contributed by atoms with E-state index in [1.165, 1.54) is 23.3 Å². The first-order valence-electron chi connectivity index (χ1n) is 13.6. The van der Waals surface area contributed by atoms with Gasteiger partial charge in [0.1, 0.15) is 5.76 Å². The number of benzene rings is 1. The molecule has 9 heteroatoms. The molecular formula is C31H33N5O4. The van der Waals surface area contributed by atoms with Crippen molar-refractivity contribution in [2.24, 2.45) is 0 Å². The second-order valence-corrected chi connectivity index (χ2v) is 9.97. The third kappa shape index (κ3) is 6.48. The van der Waals surface area contributed by atoms with Gasteiger partial charge < -0.3 is 24.9 Å². The third-order valence-electron chi connectivity index (χ3n) is 7.25. The number of likely N-dealkylation sites (tertiary alicyclic amines) is 1. The lowest BCUT2D eigenvalue weighted by molar-refractivity contribution is -0.133. The van der Waals surface area contributed by atoms with E-state index in [2.05, 4.69) is 21.7 Å². The van der Waals surface area contributed by atoms with Crippen LogP contribution in [0.3, 0.4) is 0 Å². The van der Waals surface area contributed by atoms with Gasteiger partial charge in [0.2, 0.25) is 11.8 Å². The van der Waals surface area contributed by atoms with E-state index in [-0.39, 0.29) is 30.2 Å². The highest BCUT2D eigenvalue weighted by atomic mass is 16.3. The lowest BCUT2D eigenvalue weighted by atomic mass is 9.89. The molecule has 0 radical (unpaired) electrons. The van der Waals surface area contributed by atoms with Gasteiger partial charge in [0, 0.05) is 54.4 Å². The summed E-state index contributed by atoms with van der Waals surface area (Å²) >= 11 is 0. The topological polar surface area (TPSA) is 120 Å². The summed E-state index contributed by atoms with van der Waals surface area (Å²) in [5.41, 5.74) is 4.48. The number of aromatic nitrogens is 2. The smallest absolute Gasteiger partial charge is 0.253 e. The highest BCUT2D eigenvalue weighted by Crippen LogP contribution is 2.29. The average Bonchev–Trinajstić information content (AvgIpc) is 3.65.